The second-order valence-corrected chi connectivity index (χ2v) is 4.35. The van der Waals surface area contributed by atoms with E-state index >= 15 is 0 Å². The summed E-state index contributed by atoms with van der Waals surface area (Å²) in [7, 11) is 0. The summed E-state index contributed by atoms with van der Waals surface area (Å²) in [6, 6.07) is 6.37. The Balaban J connectivity index is 2.09. The Kier molecular flexibility index (Phi) is 4.07. The number of aromatic carboxylic acids is 1. The highest BCUT2D eigenvalue weighted by Crippen LogP contribution is 2.17. The molecule has 0 aliphatic carbocycles. The van der Waals surface area contributed by atoms with Gasteiger partial charge >= 0.3 is 5.97 Å². The van der Waals surface area contributed by atoms with Crippen molar-refractivity contribution in [2.24, 2.45) is 16.5 Å². The van der Waals surface area contributed by atoms with E-state index in [9.17, 15) is 9.59 Å². The second kappa shape index (κ2) is 5.95. The first kappa shape index (κ1) is 14.4. The number of carbonyl (C=O) groups is 2. The SMILES string of the molecule is NC(N)=NCCNC(=O)c1ccc2[nH]c(C(=O)O)cc2c1. The van der Waals surface area contributed by atoms with E-state index in [-0.39, 0.29) is 17.6 Å². The molecule has 0 radical (unpaired) electrons. The molecule has 1 amide bonds. The lowest BCUT2D eigenvalue weighted by Crippen LogP contribution is -2.28. The van der Waals surface area contributed by atoms with Crippen LogP contribution in [0.1, 0.15) is 20.8 Å². The van der Waals surface area contributed by atoms with Gasteiger partial charge in [-0.25, -0.2) is 4.79 Å². The van der Waals surface area contributed by atoms with Crippen molar-refractivity contribution in [1.82, 2.24) is 10.3 Å². The maximum atomic E-state index is 11.9. The number of aliphatic imine (C=N–C) groups is 1. The number of carboxylic acid groups (broad SMARTS) is 1. The van der Waals surface area contributed by atoms with Gasteiger partial charge in [-0.05, 0) is 24.3 Å². The molecule has 0 unspecified atom stereocenters. The van der Waals surface area contributed by atoms with Crippen molar-refractivity contribution in [2.75, 3.05) is 13.1 Å². The standard InChI is InChI=1S/C13H15N5O3/c14-13(15)17-4-3-16-11(19)7-1-2-9-8(5-7)6-10(18-9)12(20)21/h1-2,5-6,18H,3-4H2,(H,16,19)(H,20,21)(H4,14,15,17). The first-order valence-corrected chi connectivity index (χ1v) is 6.17. The van der Waals surface area contributed by atoms with Crippen LogP contribution in [0, 0.1) is 0 Å². The van der Waals surface area contributed by atoms with Crippen molar-refractivity contribution < 1.29 is 14.7 Å². The highest BCUT2D eigenvalue weighted by molar-refractivity contribution is 6.00. The molecule has 0 aliphatic heterocycles. The Bertz CT molecular complexity index is 716. The lowest BCUT2D eigenvalue weighted by Gasteiger charge is -2.03. The van der Waals surface area contributed by atoms with Crippen LogP contribution >= 0.6 is 0 Å². The minimum atomic E-state index is -1.05. The van der Waals surface area contributed by atoms with Crippen LogP contribution in [-0.2, 0) is 0 Å². The Morgan fingerprint density at radius 3 is 2.71 bits per heavy atom. The minimum Gasteiger partial charge on any atom is -0.477 e. The summed E-state index contributed by atoms with van der Waals surface area (Å²) in [5.41, 5.74) is 11.5. The van der Waals surface area contributed by atoms with Crippen LogP contribution in [0.25, 0.3) is 10.9 Å². The molecule has 0 atom stereocenters. The fourth-order valence-electron chi connectivity index (χ4n) is 1.85. The Hall–Kier alpha value is -3.03. The number of fused-ring (bicyclic) bond motifs is 1. The summed E-state index contributed by atoms with van der Waals surface area (Å²) in [5.74, 6) is -1.35. The zero-order valence-corrected chi connectivity index (χ0v) is 11.1. The number of hydrogen-bond acceptors (Lipinski definition) is 3. The van der Waals surface area contributed by atoms with Crippen molar-refractivity contribution >= 4 is 28.7 Å². The Morgan fingerprint density at radius 1 is 1.29 bits per heavy atom. The van der Waals surface area contributed by atoms with Gasteiger partial charge < -0.3 is 26.9 Å². The predicted molar refractivity (Wildman–Crippen MR) is 78.3 cm³/mol. The van der Waals surface area contributed by atoms with Gasteiger partial charge in [-0.2, -0.15) is 0 Å². The number of aromatic amines is 1. The molecule has 0 aliphatic rings. The van der Waals surface area contributed by atoms with E-state index < -0.39 is 5.97 Å². The van der Waals surface area contributed by atoms with Gasteiger partial charge in [-0.15, -0.1) is 0 Å². The van der Waals surface area contributed by atoms with Crippen LogP contribution in [0.4, 0.5) is 0 Å². The van der Waals surface area contributed by atoms with Gasteiger partial charge in [0.1, 0.15) is 5.69 Å². The van der Waals surface area contributed by atoms with Crippen LogP contribution in [0.2, 0.25) is 0 Å². The van der Waals surface area contributed by atoms with Gasteiger partial charge in [-0.3, -0.25) is 9.79 Å². The fourth-order valence-corrected chi connectivity index (χ4v) is 1.85. The van der Waals surface area contributed by atoms with Crippen LogP contribution in [0.3, 0.4) is 0 Å². The molecule has 2 aromatic rings. The van der Waals surface area contributed by atoms with Gasteiger partial charge in [0.05, 0.1) is 6.54 Å². The highest BCUT2D eigenvalue weighted by Gasteiger charge is 2.10. The van der Waals surface area contributed by atoms with Crippen LogP contribution in [-0.4, -0.2) is 41.0 Å². The third-order valence-corrected chi connectivity index (χ3v) is 2.81. The number of amides is 1. The van der Waals surface area contributed by atoms with Gasteiger partial charge in [-0.1, -0.05) is 0 Å². The van der Waals surface area contributed by atoms with Crippen LogP contribution in [0.5, 0.6) is 0 Å². The molecule has 0 bridgehead atoms. The molecule has 2 rings (SSSR count). The Labute approximate surface area is 119 Å². The van der Waals surface area contributed by atoms with E-state index in [1.807, 2.05) is 0 Å². The number of rotatable bonds is 5. The van der Waals surface area contributed by atoms with Crippen LogP contribution in [0.15, 0.2) is 29.3 Å². The van der Waals surface area contributed by atoms with Gasteiger partial charge in [0.15, 0.2) is 5.96 Å². The summed E-state index contributed by atoms with van der Waals surface area (Å²) >= 11 is 0. The van der Waals surface area contributed by atoms with Gasteiger partial charge in [0, 0.05) is 23.0 Å². The van der Waals surface area contributed by atoms with Crippen molar-refractivity contribution in [3.8, 4) is 0 Å². The first-order chi connectivity index (χ1) is 9.97. The van der Waals surface area contributed by atoms with E-state index in [2.05, 4.69) is 15.3 Å². The largest absolute Gasteiger partial charge is 0.477 e. The number of nitrogens with one attached hydrogen (secondary N) is 2. The average Bonchev–Trinajstić information content (AvgIpc) is 2.86. The third kappa shape index (κ3) is 3.50. The molecule has 0 saturated heterocycles. The number of benzene rings is 1. The molecule has 8 nitrogen and oxygen atoms in total. The lowest BCUT2D eigenvalue weighted by atomic mass is 10.1. The smallest absolute Gasteiger partial charge is 0.352 e. The number of guanidine groups is 1. The maximum absolute atomic E-state index is 11.9. The summed E-state index contributed by atoms with van der Waals surface area (Å²) in [4.78, 5) is 29.3. The highest BCUT2D eigenvalue weighted by atomic mass is 16.4. The van der Waals surface area contributed by atoms with Crippen molar-refractivity contribution in [3.63, 3.8) is 0 Å². The number of aromatic nitrogens is 1. The van der Waals surface area contributed by atoms with Crippen LogP contribution < -0.4 is 16.8 Å². The van der Waals surface area contributed by atoms with Gasteiger partial charge in [0.25, 0.3) is 5.91 Å². The zero-order chi connectivity index (χ0) is 15.4. The number of hydrogen-bond donors (Lipinski definition) is 5. The minimum absolute atomic E-state index is 0.0285. The zero-order valence-electron chi connectivity index (χ0n) is 11.1. The molecule has 7 N–H and O–H groups in total. The second-order valence-electron chi connectivity index (χ2n) is 4.35. The molecule has 21 heavy (non-hydrogen) atoms. The number of nitrogens with zero attached hydrogens (tertiary/aromatic N) is 1. The predicted octanol–water partition coefficient (Wildman–Crippen LogP) is -0.131. The number of carbonyl (C=O) groups excluding carboxylic acids is 1. The van der Waals surface area contributed by atoms with Crippen molar-refractivity contribution in [3.05, 3.63) is 35.5 Å². The summed E-state index contributed by atoms with van der Waals surface area (Å²) in [5, 5.41) is 12.2. The topological polar surface area (TPSA) is 147 Å². The molecular formula is C13H15N5O3. The van der Waals surface area contributed by atoms with Gasteiger partial charge in [0.2, 0.25) is 0 Å². The van der Waals surface area contributed by atoms with E-state index in [0.717, 1.165) is 0 Å². The van der Waals surface area contributed by atoms with Crippen molar-refractivity contribution in [1.29, 1.82) is 0 Å². The molecule has 1 heterocycles. The third-order valence-electron chi connectivity index (χ3n) is 2.81. The molecule has 1 aromatic carbocycles. The monoisotopic (exact) mass is 289 g/mol. The number of carboxylic acids is 1. The molecule has 0 saturated carbocycles. The summed E-state index contributed by atoms with van der Waals surface area (Å²) < 4.78 is 0. The molecular weight excluding hydrogens is 274 g/mol. The Morgan fingerprint density at radius 2 is 2.05 bits per heavy atom. The normalized spacial score (nSPS) is 10.3. The van der Waals surface area contributed by atoms with E-state index in [1.165, 1.54) is 6.07 Å². The molecule has 0 spiro atoms. The number of nitrogens with two attached hydrogens (primary N) is 2. The average molecular weight is 289 g/mol. The molecule has 8 heteroatoms. The lowest BCUT2D eigenvalue weighted by molar-refractivity contribution is 0.0691. The summed E-state index contributed by atoms with van der Waals surface area (Å²) in [6.07, 6.45) is 0. The number of H-pyrrole nitrogens is 1. The van der Waals surface area contributed by atoms with Crippen molar-refractivity contribution in [2.45, 2.75) is 0 Å². The molecule has 0 fully saturated rings. The fraction of sp³-hybridized carbons (Fsp3) is 0.154. The first-order valence-electron chi connectivity index (χ1n) is 6.17. The maximum Gasteiger partial charge on any atom is 0.352 e. The molecule has 110 valence electrons. The van der Waals surface area contributed by atoms with E-state index in [4.69, 9.17) is 16.6 Å². The van der Waals surface area contributed by atoms with E-state index in [1.54, 1.807) is 18.2 Å². The quantitative estimate of drug-likeness (QED) is 0.295. The van der Waals surface area contributed by atoms with E-state index in [0.29, 0.717) is 29.6 Å². The summed E-state index contributed by atoms with van der Waals surface area (Å²) in [6.45, 7) is 0.603. The molecule has 1 aromatic heterocycles.